The van der Waals surface area contributed by atoms with Gasteiger partial charge in [-0.05, 0) is 36.4 Å². The van der Waals surface area contributed by atoms with Crippen molar-refractivity contribution in [3.63, 3.8) is 0 Å². The first-order valence-corrected chi connectivity index (χ1v) is 9.21. The first-order valence-electron chi connectivity index (χ1n) is 4.36. The lowest BCUT2D eigenvalue weighted by Gasteiger charge is -2.04. The molecule has 0 aliphatic heterocycles. The topological polar surface area (TPSA) is 32.6 Å². The van der Waals surface area contributed by atoms with E-state index in [1.807, 2.05) is 0 Å². The van der Waals surface area contributed by atoms with Crippen molar-refractivity contribution in [3.05, 3.63) is 35.6 Å². The molecule has 0 aliphatic carbocycles. The third kappa shape index (κ3) is 6.01. The number of halogens is 1. The Morgan fingerprint density at radius 1 is 1.56 bits per heavy atom. The lowest BCUT2D eigenvalue weighted by molar-refractivity contribution is 0.627. The highest BCUT2D eigenvalue weighted by Gasteiger charge is 2.04. The molecule has 1 aromatic carbocycles. The van der Waals surface area contributed by atoms with Gasteiger partial charge < -0.3 is 4.89 Å². The SMILES string of the molecule is CC(=NP(O)(=S)S)SCc1ccc(F)cc1. The van der Waals surface area contributed by atoms with Crippen molar-refractivity contribution in [2.75, 3.05) is 0 Å². The predicted molar refractivity (Wildman–Crippen MR) is 76.3 cm³/mol. The Morgan fingerprint density at radius 3 is 2.62 bits per heavy atom. The van der Waals surface area contributed by atoms with Crippen LogP contribution in [0.15, 0.2) is 29.0 Å². The van der Waals surface area contributed by atoms with E-state index in [0.29, 0.717) is 10.8 Å². The van der Waals surface area contributed by atoms with Crippen LogP contribution in [0.3, 0.4) is 0 Å². The average Bonchev–Trinajstić information content (AvgIpc) is 2.14. The Bertz CT molecular complexity index is 429. The highest BCUT2D eigenvalue weighted by molar-refractivity contribution is 8.61. The summed E-state index contributed by atoms with van der Waals surface area (Å²) in [5.41, 5.74) is -1.82. The third-order valence-corrected chi connectivity index (χ3v) is 3.83. The molecule has 0 bridgehead atoms. The van der Waals surface area contributed by atoms with Crippen molar-refractivity contribution < 1.29 is 9.28 Å². The quantitative estimate of drug-likeness (QED) is 0.387. The zero-order chi connectivity index (χ0) is 12.2. The summed E-state index contributed by atoms with van der Waals surface area (Å²) in [6.07, 6.45) is 0. The molecule has 1 rings (SSSR count). The van der Waals surface area contributed by atoms with Crippen LogP contribution in [0.2, 0.25) is 0 Å². The van der Waals surface area contributed by atoms with Crippen molar-refractivity contribution in [1.82, 2.24) is 0 Å². The maximum atomic E-state index is 12.6. The van der Waals surface area contributed by atoms with E-state index in [2.05, 4.69) is 28.8 Å². The highest BCUT2D eigenvalue weighted by atomic mass is 32.9. The number of rotatable bonds is 3. The van der Waals surface area contributed by atoms with E-state index in [9.17, 15) is 9.28 Å². The summed E-state index contributed by atoms with van der Waals surface area (Å²) in [4.78, 5) is 9.26. The van der Waals surface area contributed by atoms with Crippen LogP contribution in [0.5, 0.6) is 0 Å². The normalized spacial score (nSPS) is 15.9. The van der Waals surface area contributed by atoms with E-state index in [-0.39, 0.29) is 5.82 Å². The van der Waals surface area contributed by atoms with E-state index >= 15 is 0 Å². The zero-order valence-electron chi connectivity index (χ0n) is 8.50. The number of hydrogen-bond acceptors (Lipinski definition) is 2. The second kappa shape index (κ2) is 6.17. The van der Waals surface area contributed by atoms with Crippen LogP contribution in [0.4, 0.5) is 4.39 Å². The number of nitrogens with zero attached hydrogens (tertiary/aromatic N) is 1. The maximum absolute atomic E-state index is 12.6. The van der Waals surface area contributed by atoms with Gasteiger partial charge in [-0.25, -0.2) is 9.15 Å². The molecule has 16 heavy (non-hydrogen) atoms. The minimum Gasteiger partial charge on any atom is -0.341 e. The van der Waals surface area contributed by atoms with Crippen LogP contribution < -0.4 is 0 Å². The van der Waals surface area contributed by atoms with Gasteiger partial charge in [-0.15, -0.1) is 11.8 Å². The number of thiol groups is 1. The Hall–Kier alpha value is 0.130. The molecule has 0 saturated carbocycles. The van der Waals surface area contributed by atoms with Crippen molar-refractivity contribution in [1.29, 1.82) is 0 Å². The molecule has 1 atom stereocenters. The van der Waals surface area contributed by atoms with Gasteiger partial charge in [0.15, 0.2) is 0 Å². The maximum Gasteiger partial charge on any atom is 0.226 e. The summed E-state index contributed by atoms with van der Waals surface area (Å²) in [5.74, 6) is 0.416. The number of hydrogen-bond donors (Lipinski definition) is 2. The van der Waals surface area contributed by atoms with Gasteiger partial charge in [0.2, 0.25) is 5.62 Å². The van der Waals surface area contributed by atoms with Gasteiger partial charge in [-0.3, -0.25) is 0 Å². The van der Waals surface area contributed by atoms with E-state index in [1.54, 1.807) is 19.1 Å². The first-order chi connectivity index (χ1) is 7.37. The van der Waals surface area contributed by atoms with Crippen molar-refractivity contribution in [2.24, 2.45) is 4.76 Å². The van der Waals surface area contributed by atoms with Crippen LogP contribution in [0, 0.1) is 5.82 Å². The number of thioether (sulfide) groups is 1. The molecule has 0 fully saturated rings. The van der Waals surface area contributed by atoms with Gasteiger partial charge in [-0.1, -0.05) is 24.4 Å². The van der Waals surface area contributed by atoms with E-state index in [0.717, 1.165) is 5.56 Å². The molecular weight excluding hydrogens is 284 g/mol. The summed E-state index contributed by atoms with van der Waals surface area (Å²) in [6.45, 7) is 1.77. The summed E-state index contributed by atoms with van der Waals surface area (Å²) in [6, 6.07) is 6.26. The smallest absolute Gasteiger partial charge is 0.226 e. The Morgan fingerprint density at radius 2 is 2.12 bits per heavy atom. The fourth-order valence-electron chi connectivity index (χ4n) is 0.981. The van der Waals surface area contributed by atoms with Crippen LogP contribution in [-0.2, 0) is 17.6 Å². The summed E-state index contributed by atoms with van der Waals surface area (Å²) < 4.78 is 16.5. The molecule has 88 valence electrons. The van der Waals surface area contributed by atoms with E-state index in [1.165, 1.54) is 23.9 Å². The Kier molecular flexibility index (Phi) is 5.47. The lowest BCUT2D eigenvalue weighted by atomic mass is 10.2. The standard InChI is InChI=1S/C9H11FNOPS3/c1-7(11-13(12,14)15)16-6-8-2-4-9(10)5-3-8/h2-5H,6H2,1H3,(H2,12,14,15). The molecule has 0 aliphatic rings. The lowest BCUT2D eigenvalue weighted by Crippen LogP contribution is -1.87. The van der Waals surface area contributed by atoms with Crippen LogP contribution in [-0.4, -0.2) is 9.94 Å². The summed E-state index contributed by atoms with van der Waals surface area (Å²) in [5, 5.41) is 0.685. The van der Waals surface area contributed by atoms with Crippen LogP contribution in [0.1, 0.15) is 12.5 Å². The summed E-state index contributed by atoms with van der Waals surface area (Å²) in [7, 11) is 0. The molecule has 0 amide bonds. The van der Waals surface area contributed by atoms with Crippen molar-refractivity contribution in [3.8, 4) is 0 Å². The fourth-order valence-corrected chi connectivity index (χ4v) is 3.61. The monoisotopic (exact) mass is 295 g/mol. The molecule has 0 spiro atoms. The molecule has 2 nitrogen and oxygen atoms in total. The molecule has 7 heteroatoms. The molecular formula is C9H11FNOPS3. The van der Waals surface area contributed by atoms with Crippen LogP contribution in [0.25, 0.3) is 0 Å². The highest BCUT2D eigenvalue weighted by Crippen LogP contribution is 2.48. The van der Waals surface area contributed by atoms with Crippen molar-refractivity contribution >= 4 is 46.5 Å². The van der Waals surface area contributed by atoms with E-state index in [4.69, 9.17) is 0 Å². The predicted octanol–water partition coefficient (Wildman–Crippen LogP) is 3.62. The van der Waals surface area contributed by atoms with Gasteiger partial charge in [-0.2, -0.15) is 0 Å². The van der Waals surface area contributed by atoms with Gasteiger partial charge in [0, 0.05) is 5.75 Å². The second-order valence-electron chi connectivity index (χ2n) is 3.05. The Labute approximate surface area is 109 Å². The fraction of sp³-hybridized carbons (Fsp3) is 0.222. The van der Waals surface area contributed by atoms with Gasteiger partial charge >= 0.3 is 0 Å². The van der Waals surface area contributed by atoms with Crippen LogP contribution >= 0.6 is 29.6 Å². The third-order valence-electron chi connectivity index (χ3n) is 1.63. The number of benzene rings is 1. The summed E-state index contributed by atoms with van der Waals surface area (Å²) >= 11 is 9.95. The Balaban J connectivity index is 2.55. The zero-order valence-corrected chi connectivity index (χ0v) is 11.9. The van der Waals surface area contributed by atoms with Gasteiger partial charge in [0.25, 0.3) is 0 Å². The van der Waals surface area contributed by atoms with E-state index < -0.39 is 5.62 Å². The minimum absolute atomic E-state index is 0.250. The second-order valence-corrected chi connectivity index (χ2v) is 9.45. The van der Waals surface area contributed by atoms with Gasteiger partial charge in [0.05, 0.1) is 5.04 Å². The van der Waals surface area contributed by atoms with Crippen molar-refractivity contribution in [2.45, 2.75) is 12.7 Å². The molecule has 0 aromatic heterocycles. The molecule has 0 saturated heterocycles. The molecule has 1 unspecified atom stereocenters. The minimum atomic E-state index is -2.82. The molecule has 0 heterocycles. The largest absolute Gasteiger partial charge is 0.341 e. The van der Waals surface area contributed by atoms with Gasteiger partial charge in [0.1, 0.15) is 5.82 Å². The molecule has 1 N–H and O–H groups in total. The molecule has 0 radical (unpaired) electrons. The first kappa shape index (κ1) is 14.2. The molecule has 1 aromatic rings. The average molecular weight is 295 g/mol.